The highest BCUT2D eigenvalue weighted by atomic mass is 32.1. The molecule has 0 fully saturated rings. The summed E-state index contributed by atoms with van der Waals surface area (Å²) in [5.74, 6) is 0.315. The molecule has 1 amide bonds. The number of thiazole rings is 1. The Bertz CT molecular complexity index is 1500. The lowest BCUT2D eigenvalue weighted by atomic mass is 10.0. The van der Waals surface area contributed by atoms with Crippen LogP contribution in [0.15, 0.2) is 66.7 Å². The number of nitrogens with zero attached hydrogens (tertiary/aromatic N) is 4. The smallest absolute Gasteiger partial charge is 0.260 e. The van der Waals surface area contributed by atoms with Crippen LogP contribution < -0.4 is 4.90 Å². The van der Waals surface area contributed by atoms with Crippen LogP contribution in [0.2, 0.25) is 0 Å². The summed E-state index contributed by atoms with van der Waals surface area (Å²) >= 11 is 1.57. The molecule has 5 nitrogen and oxygen atoms in total. The summed E-state index contributed by atoms with van der Waals surface area (Å²) in [7, 11) is 0. The lowest BCUT2D eigenvalue weighted by molar-refractivity contribution is 0.0986. The van der Waals surface area contributed by atoms with Crippen molar-refractivity contribution in [1.82, 2.24) is 14.8 Å². The van der Waals surface area contributed by atoms with Gasteiger partial charge >= 0.3 is 0 Å². The summed E-state index contributed by atoms with van der Waals surface area (Å²) in [5, 5.41) is 7.49. The Morgan fingerprint density at radius 1 is 1.00 bits per heavy atom. The number of para-hydroxylation sites is 1. The van der Waals surface area contributed by atoms with Gasteiger partial charge in [0.25, 0.3) is 5.91 Å². The van der Waals surface area contributed by atoms with Crippen molar-refractivity contribution in [2.45, 2.75) is 40.2 Å². The van der Waals surface area contributed by atoms with Crippen LogP contribution in [-0.4, -0.2) is 27.2 Å². The number of fused-ring (bicyclic) bond motifs is 2. The van der Waals surface area contributed by atoms with E-state index in [-0.39, 0.29) is 5.91 Å². The third-order valence-electron chi connectivity index (χ3n) is 6.17. The van der Waals surface area contributed by atoms with Gasteiger partial charge in [0.1, 0.15) is 0 Å². The van der Waals surface area contributed by atoms with E-state index in [2.05, 4.69) is 49.3 Å². The maximum absolute atomic E-state index is 13.9. The van der Waals surface area contributed by atoms with Crippen molar-refractivity contribution < 1.29 is 4.79 Å². The molecule has 5 aromatic rings. The summed E-state index contributed by atoms with van der Waals surface area (Å²) in [6, 6.07) is 22.4. The monoisotopic (exact) mass is 468 g/mol. The average Bonchev–Trinajstić information content (AvgIpc) is 3.40. The van der Waals surface area contributed by atoms with Gasteiger partial charge < -0.3 is 0 Å². The van der Waals surface area contributed by atoms with Crippen molar-refractivity contribution in [1.29, 1.82) is 0 Å². The van der Waals surface area contributed by atoms with Crippen LogP contribution in [0, 0.1) is 13.8 Å². The average molecular weight is 469 g/mol. The number of carbonyl (C=O) groups is 1. The number of rotatable bonds is 6. The van der Waals surface area contributed by atoms with Crippen LogP contribution in [0.25, 0.3) is 21.0 Å². The van der Waals surface area contributed by atoms with E-state index in [4.69, 9.17) is 4.98 Å². The standard InChI is InChI=1S/C28H28N4OS/c1-18(2)24-10-7-11-25-26(24)29-28(34-25)31(14-15-32-20(4)16-19(3)30-32)27(33)23-13-12-21-8-5-6-9-22(21)17-23/h5-13,16-18H,14-15H2,1-4H3. The summed E-state index contributed by atoms with van der Waals surface area (Å²) in [4.78, 5) is 20.7. The topological polar surface area (TPSA) is 51.0 Å². The number of hydrogen-bond donors (Lipinski definition) is 0. The van der Waals surface area contributed by atoms with E-state index in [0.29, 0.717) is 24.6 Å². The molecule has 0 spiro atoms. The maximum Gasteiger partial charge on any atom is 0.260 e. The van der Waals surface area contributed by atoms with Gasteiger partial charge in [-0.15, -0.1) is 0 Å². The van der Waals surface area contributed by atoms with Gasteiger partial charge in [0.15, 0.2) is 5.13 Å². The van der Waals surface area contributed by atoms with Crippen LogP contribution in [0.3, 0.4) is 0 Å². The van der Waals surface area contributed by atoms with E-state index < -0.39 is 0 Å². The Morgan fingerprint density at radius 2 is 1.79 bits per heavy atom. The van der Waals surface area contributed by atoms with Gasteiger partial charge in [-0.3, -0.25) is 14.4 Å². The zero-order chi connectivity index (χ0) is 23.8. The molecule has 0 unspecified atom stereocenters. The summed E-state index contributed by atoms with van der Waals surface area (Å²) in [6.07, 6.45) is 0. The molecule has 2 heterocycles. The van der Waals surface area contributed by atoms with E-state index >= 15 is 0 Å². The second-order valence-corrected chi connectivity index (χ2v) is 10.0. The van der Waals surface area contributed by atoms with Gasteiger partial charge in [0.05, 0.1) is 22.5 Å². The molecule has 172 valence electrons. The van der Waals surface area contributed by atoms with Crippen molar-refractivity contribution >= 4 is 43.4 Å². The molecule has 0 N–H and O–H groups in total. The van der Waals surface area contributed by atoms with Crippen LogP contribution in [-0.2, 0) is 6.54 Å². The normalized spacial score (nSPS) is 11.6. The number of amides is 1. The lowest BCUT2D eigenvalue weighted by Gasteiger charge is -2.20. The fraction of sp³-hybridized carbons (Fsp3) is 0.250. The van der Waals surface area contributed by atoms with Gasteiger partial charge in [-0.05, 0) is 60.4 Å². The molecule has 0 radical (unpaired) electrons. The number of hydrogen-bond acceptors (Lipinski definition) is 4. The van der Waals surface area contributed by atoms with Crippen LogP contribution in [0.4, 0.5) is 5.13 Å². The summed E-state index contributed by atoms with van der Waals surface area (Å²) in [6.45, 7) is 9.48. The Hall–Kier alpha value is -3.51. The fourth-order valence-corrected chi connectivity index (χ4v) is 5.42. The molecule has 6 heteroatoms. The number of aromatic nitrogens is 3. The molecule has 5 rings (SSSR count). The third-order valence-corrected chi connectivity index (χ3v) is 7.22. The highest BCUT2D eigenvalue weighted by Crippen LogP contribution is 2.34. The zero-order valence-corrected chi connectivity index (χ0v) is 20.8. The van der Waals surface area contributed by atoms with Crippen LogP contribution in [0.1, 0.15) is 47.1 Å². The van der Waals surface area contributed by atoms with Crippen molar-refractivity contribution in [3.8, 4) is 0 Å². The highest BCUT2D eigenvalue weighted by Gasteiger charge is 2.23. The first-order valence-electron chi connectivity index (χ1n) is 11.6. The van der Waals surface area contributed by atoms with Crippen molar-refractivity contribution in [2.75, 3.05) is 11.4 Å². The Kier molecular flexibility index (Phi) is 5.92. The van der Waals surface area contributed by atoms with E-state index in [9.17, 15) is 4.79 Å². The fourth-order valence-electron chi connectivity index (χ4n) is 4.40. The van der Waals surface area contributed by atoms with Gasteiger partial charge in [-0.25, -0.2) is 4.98 Å². The Labute approximate surface area is 203 Å². The Balaban J connectivity index is 1.56. The number of anilines is 1. The maximum atomic E-state index is 13.9. The molecule has 2 aromatic heterocycles. The minimum atomic E-state index is -0.0440. The quantitative estimate of drug-likeness (QED) is 0.277. The van der Waals surface area contributed by atoms with Gasteiger partial charge in [0.2, 0.25) is 0 Å². The summed E-state index contributed by atoms with van der Waals surface area (Å²) in [5.41, 5.74) is 4.92. The summed E-state index contributed by atoms with van der Waals surface area (Å²) < 4.78 is 3.06. The number of benzene rings is 3. The molecule has 0 aliphatic heterocycles. The molecular weight excluding hydrogens is 440 g/mol. The highest BCUT2D eigenvalue weighted by molar-refractivity contribution is 7.22. The zero-order valence-electron chi connectivity index (χ0n) is 19.9. The Morgan fingerprint density at radius 3 is 2.53 bits per heavy atom. The van der Waals surface area contributed by atoms with Gasteiger partial charge in [-0.2, -0.15) is 5.10 Å². The first-order chi connectivity index (χ1) is 16.4. The number of carbonyl (C=O) groups excluding carboxylic acids is 1. The lowest BCUT2D eigenvalue weighted by Crippen LogP contribution is -2.34. The first-order valence-corrected chi connectivity index (χ1v) is 12.4. The second-order valence-electron chi connectivity index (χ2n) is 9.01. The molecule has 0 bridgehead atoms. The minimum absolute atomic E-state index is 0.0440. The van der Waals surface area contributed by atoms with E-state index in [1.165, 1.54) is 5.56 Å². The van der Waals surface area contributed by atoms with Crippen LogP contribution >= 0.6 is 11.3 Å². The van der Waals surface area contributed by atoms with E-state index in [0.717, 1.165) is 37.5 Å². The first kappa shape index (κ1) is 22.3. The van der Waals surface area contributed by atoms with Gasteiger partial charge in [-0.1, -0.05) is 67.6 Å². The predicted molar refractivity (Wildman–Crippen MR) is 141 cm³/mol. The second kappa shape index (κ2) is 9.03. The molecule has 0 saturated heterocycles. The third kappa shape index (κ3) is 4.21. The molecule has 0 aliphatic carbocycles. The van der Waals surface area contributed by atoms with Gasteiger partial charge in [0, 0.05) is 17.8 Å². The predicted octanol–water partition coefficient (Wildman–Crippen LogP) is 6.73. The molecular formula is C28H28N4OS. The van der Waals surface area contributed by atoms with Crippen molar-refractivity contribution in [3.63, 3.8) is 0 Å². The largest absolute Gasteiger partial charge is 0.282 e. The number of aryl methyl sites for hydroxylation is 2. The SMILES string of the molecule is Cc1cc(C)n(CCN(C(=O)c2ccc3ccccc3c2)c2nc3c(C(C)C)cccc3s2)n1. The molecule has 3 aromatic carbocycles. The van der Waals surface area contributed by atoms with E-state index in [1.807, 2.05) is 59.8 Å². The van der Waals surface area contributed by atoms with Crippen molar-refractivity contribution in [3.05, 3.63) is 89.2 Å². The molecule has 0 saturated carbocycles. The van der Waals surface area contributed by atoms with E-state index in [1.54, 1.807) is 11.3 Å². The van der Waals surface area contributed by atoms with Crippen LogP contribution in [0.5, 0.6) is 0 Å². The molecule has 34 heavy (non-hydrogen) atoms. The minimum Gasteiger partial charge on any atom is -0.282 e. The van der Waals surface area contributed by atoms with Crippen molar-refractivity contribution in [2.24, 2.45) is 0 Å². The molecule has 0 aliphatic rings. The molecule has 0 atom stereocenters.